The molecule has 3 aromatic rings. The van der Waals surface area contributed by atoms with Gasteiger partial charge in [0.1, 0.15) is 5.82 Å². The van der Waals surface area contributed by atoms with Crippen LogP contribution in [0.4, 0.5) is 10.1 Å². The van der Waals surface area contributed by atoms with Crippen LogP contribution in [-0.2, 0) is 6.42 Å². The van der Waals surface area contributed by atoms with Gasteiger partial charge in [0.05, 0.1) is 5.69 Å². The Labute approximate surface area is 183 Å². The van der Waals surface area contributed by atoms with Crippen molar-refractivity contribution >= 4 is 40.8 Å². The van der Waals surface area contributed by atoms with Crippen LogP contribution in [0.25, 0.3) is 10.9 Å². The van der Waals surface area contributed by atoms with Crippen LogP contribution in [0.2, 0.25) is 0 Å². The molecule has 29 heavy (non-hydrogen) atoms. The van der Waals surface area contributed by atoms with Gasteiger partial charge in [0.25, 0.3) is 0 Å². The number of nitrogens with zero attached hydrogens (tertiary/aromatic N) is 2. The fraction of sp³-hybridized carbons (Fsp3) is 0.391. The summed E-state index contributed by atoms with van der Waals surface area (Å²) in [5.41, 5.74) is 3.63. The quantitative estimate of drug-likeness (QED) is 0.387. The number of thioether (sulfide) groups is 1. The van der Waals surface area contributed by atoms with Gasteiger partial charge in [0, 0.05) is 48.2 Å². The average Bonchev–Trinajstić information content (AvgIpc) is 3.13. The standard InChI is InChI=1S/C23H28FN3S.ClH/c1-28-23-8-3-2-7-22(23)27-14-12-26(13-15-27)11-5-4-6-18-17-25-21-10-9-19(24)16-20(18)21;/h2-3,7-10,16-17,25H,4-6,11-15H2,1H3;1H. The van der Waals surface area contributed by atoms with Crippen molar-refractivity contribution in [2.75, 3.05) is 43.9 Å². The molecule has 0 saturated carbocycles. The molecule has 0 radical (unpaired) electrons. The van der Waals surface area contributed by atoms with Crippen LogP contribution >= 0.6 is 24.2 Å². The largest absolute Gasteiger partial charge is 0.368 e. The highest BCUT2D eigenvalue weighted by molar-refractivity contribution is 7.98. The number of hydrogen-bond donors (Lipinski definition) is 1. The number of hydrogen-bond acceptors (Lipinski definition) is 3. The van der Waals surface area contributed by atoms with Gasteiger partial charge < -0.3 is 9.88 Å². The van der Waals surface area contributed by atoms with Crippen molar-refractivity contribution in [3.63, 3.8) is 0 Å². The van der Waals surface area contributed by atoms with Crippen LogP contribution in [0.3, 0.4) is 0 Å². The molecule has 156 valence electrons. The number of fused-ring (bicyclic) bond motifs is 1. The maximum atomic E-state index is 13.5. The molecular weight excluding hydrogens is 405 g/mol. The number of rotatable bonds is 7. The average molecular weight is 434 g/mol. The fourth-order valence-corrected chi connectivity index (χ4v) is 4.73. The van der Waals surface area contributed by atoms with Crippen molar-refractivity contribution in [1.29, 1.82) is 0 Å². The second-order valence-electron chi connectivity index (χ2n) is 7.46. The second kappa shape index (κ2) is 10.4. The summed E-state index contributed by atoms with van der Waals surface area (Å²) in [6, 6.07) is 13.7. The van der Waals surface area contributed by atoms with Crippen molar-refractivity contribution in [3.8, 4) is 0 Å². The summed E-state index contributed by atoms with van der Waals surface area (Å²) < 4.78 is 13.5. The predicted molar refractivity (Wildman–Crippen MR) is 125 cm³/mol. The summed E-state index contributed by atoms with van der Waals surface area (Å²) in [6.45, 7) is 5.59. The Kier molecular flexibility index (Phi) is 7.87. The third-order valence-corrected chi connectivity index (χ3v) is 6.48. The van der Waals surface area contributed by atoms with Crippen LogP contribution < -0.4 is 4.90 Å². The van der Waals surface area contributed by atoms with E-state index in [9.17, 15) is 4.39 Å². The smallest absolute Gasteiger partial charge is 0.123 e. The number of para-hydroxylation sites is 1. The van der Waals surface area contributed by atoms with Crippen molar-refractivity contribution in [1.82, 2.24) is 9.88 Å². The van der Waals surface area contributed by atoms with Crippen LogP contribution in [0.15, 0.2) is 53.6 Å². The number of halogens is 2. The summed E-state index contributed by atoms with van der Waals surface area (Å²) in [5.74, 6) is -0.158. The number of aromatic amines is 1. The zero-order valence-electron chi connectivity index (χ0n) is 16.9. The SMILES string of the molecule is CSc1ccccc1N1CCN(CCCCc2c[nH]c3ccc(F)cc23)CC1.Cl. The van der Waals surface area contributed by atoms with Crippen LogP contribution in [-0.4, -0.2) is 48.9 Å². The first kappa shape index (κ1) is 22.0. The van der Waals surface area contributed by atoms with Gasteiger partial charge in [-0.1, -0.05) is 12.1 Å². The first-order chi connectivity index (χ1) is 13.7. The number of nitrogens with one attached hydrogen (secondary N) is 1. The number of aromatic nitrogens is 1. The van der Waals surface area contributed by atoms with Gasteiger partial charge in [0.15, 0.2) is 0 Å². The minimum Gasteiger partial charge on any atom is -0.368 e. The Hall–Kier alpha value is -1.69. The molecule has 2 aromatic carbocycles. The van der Waals surface area contributed by atoms with E-state index in [1.54, 1.807) is 6.07 Å². The van der Waals surface area contributed by atoms with Crippen LogP contribution in [0, 0.1) is 5.82 Å². The molecule has 1 N–H and O–H groups in total. The van der Waals surface area contributed by atoms with E-state index in [2.05, 4.69) is 45.3 Å². The van der Waals surface area contributed by atoms with E-state index in [0.29, 0.717) is 0 Å². The van der Waals surface area contributed by atoms with Gasteiger partial charge in [-0.3, -0.25) is 4.90 Å². The van der Waals surface area contributed by atoms with E-state index in [4.69, 9.17) is 0 Å². The normalized spacial score (nSPS) is 14.9. The molecule has 0 spiro atoms. The molecule has 3 nitrogen and oxygen atoms in total. The van der Waals surface area contributed by atoms with Gasteiger partial charge in [-0.05, 0) is 68.0 Å². The molecule has 1 aromatic heterocycles. The summed E-state index contributed by atoms with van der Waals surface area (Å²) in [4.78, 5) is 9.71. The van der Waals surface area contributed by atoms with Crippen molar-refractivity contribution < 1.29 is 4.39 Å². The molecule has 0 atom stereocenters. The van der Waals surface area contributed by atoms with Crippen molar-refractivity contribution in [2.45, 2.75) is 24.2 Å². The highest BCUT2D eigenvalue weighted by Crippen LogP contribution is 2.29. The van der Waals surface area contributed by atoms with Gasteiger partial charge >= 0.3 is 0 Å². The van der Waals surface area contributed by atoms with Gasteiger partial charge in [-0.25, -0.2) is 4.39 Å². The summed E-state index contributed by atoms with van der Waals surface area (Å²) in [6.07, 6.45) is 7.51. The zero-order valence-corrected chi connectivity index (χ0v) is 18.5. The van der Waals surface area contributed by atoms with E-state index in [1.165, 1.54) is 28.6 Å². The maximum Gasteiger partial charge on any atom is 0.123 e. The minimum atomic E-state index is -0.158. The van der Waals surface area contributed by atoms with Gasteiger partial charge in [0.2, 0.25) is 0 Å². The lowest BCUT2D eigenvalue weighted by atomic mass is 10.1. The molecule has 1 saturated heterocycles. The van der Waals surface area contributed by atoms with Crippen LogP contribution in [0.1, 0.15) is 18.4 Å². The van der Waals surface area contributed by atoms with Gasteiger partial charge in [-0.15, -0.1) is 24.2 Å². The Morgan fingerprint density at radius 1 is 1.03 bits per heavy atom. The number of benzene rings is 2. The van der Waals surface area contributed by atoms with E-state index in [0.717, 1.165) is 56.5 Å². The fourth-order valence-electron chi connectivity index (χ4n) is 4.11. The number of aryl methyl sites for hydroxylation is 1. The number of unbranched alkanes of at least 4 members (excludes halogenated alkanes) is 1. The summed E-state index contributed by atoms with van der Waals surface area (Å²) in [5, 5.41) is 1.03. The number of anilines is 1. The van der Waals surface area contributed by atoms with Crippen molar-refractivity contribution in [3.05, 3.63) is 60.0 Å². The van der Waals surface area contributed by atoms with E-state index >= 15 is 0 Å². The molecule has 0 bridgehead atoms. The monoisotopic (exact) mass is 433 g/mol. The Bertz CT molecular complexity index is 921. The van der Waals surface area contributed by atoms with Crippen LogP contribution in [0.5, 0.6) is 0 Å². The molecule has 4 rings (SSSR count). The third kappa shape index (κ3) is 5.27. The van der Waals surface area contributed by atoms with E-state index in [1.807, 2.05) is 24.0 Å². The molecule has 0 unspecified atom stereocenters. The second-order valence-corrected chi connectivity index (χ2v) is 8.31. The number of piperazine rings is 1. The molecule has 6 heteroatoms. The Balaban J connectivity index is 0.00000240. The summed E-state index contributed by atoms with van der Waals surface area (Å²) >= 11 is 1.83. The molecule has 1 aliphatic rings. The summed E-state index contributed by atoms with van der Waals surface area (Å²) in [7, 11) is 0. The molecule has 2 heterocycles. The predicted octanol–water partition coefficient (Wildman–Crippen LogP) is 5.60. The van der Waals surface area contributed by atoms with Gasteiger partial charge in [-0.2, -0.15) is 0 Å². The highest BCUT2D eigenvalue weighted by Gasteiger charge is 2.18. The Morgan fingerprint density at radius 2 is 1.83 bits per heavy atom. The third-order valence-electron chi connectivity index (χ3n) is 5.70. The highest BCUT2D eigenvalue weighted by atomic mass is 35.5. The molecule has 0 amide bonds. The molecule has 1 fully saturated rings. The Morgan fingerprint density at radius 3 is 2.62 bits per heavy atom. The van der Waals surface area contributed by atoms with E-state index < -0.39 is 0 Å². The lowest BCUT2D eigenvalue weighted by molar-refractivity contribution is 0.253. The maximum absolute atomic E-state index is 13.5. The number of H-pyrrole nitrogens is 1. The lowest BCUT2D eigenvalue weighted by Gasteiger charge is -2.36. The first-order valence-electron chi connectivity index (χ1n) is 10.1. The first-order valence-corrected chi connectivity index (χ1v) is 11.3. The molecule has 1 aliphatic heterocycles. The minimum absolute atomic E-state index is 0. The molecular formula is C23H29ClFN3S. The zero-order chi connectivity index (χ0) is 19.3. The molecule has 0 aliphatic carbocycles. The lowest BCUT2D eigenvalue weighted by Crippen LogP contribution is -2.46. The van der Waals surface area contributed by atoms with E-state index in [-0.39, 0.29) is 18.2 Å². The van der Waals surface area contributed by atoms with Crippen molar-refractivity contribution in [2.24, 2.45) is 0 Å². The topological polar surface area (TPSA) is 22.3 Å².